The van der Waals surface area contributed by atoms with Crippen LogP contribution in [0.5, 0.6) is 5.75 Å². The predicted octanol–water partition coefficient (Wildman–Crippen LogP) is 3.76. The summed E-state index contributed by atoms with van der Waals surface area (Å²) in [5.41, 5.74) is 1.71. The summed E-state index contributed by atoms with van der Waals surface area (Å²) in [5, 5.41) is 8.96. The Morgan fingerprint density at radius 1 is 1.25 bits per heavy atom. The molecule has 0 bridgehead atoms. The van der Waals surface area contributed by atoms with Crippen molar-refractivity contribution in [2.24, 2.45) is 5.92 Å². The zero-order valence-corrected chi connectivity index (χ0v) is 15.4. The number of hydrogen-bond donors (Lipinski definition) is 1. The number of ether oxygens (including phenoxy) is 1. The Hall–Kier alpha value is -2.61. The van der Waals surface area contributed by atoms with Gasteiger partial charge in [0.05, 0.1) is 11.5 Å². The highest BCUT2D eigenvalue weighted by atomic mass is 19.4. The Morgan fingerprint density at radius 2 is 2.00 bits per heavy atom. The van der Waals surface area contributed by atoms with Crippen LogP contribution in [0.25, 0.3) is 0 Å². The molecule has 0 spiro atoms. The largest absolute Gasteiger partial charge is 0.489 e. The predicted molar refractivity (Wildman–Crippen MR) is 95.8 cm³/mol. The quantitative estimate of drug-likeness (QED) is 0.775. The summed E-state index contributed by atoms with van der Waals surface area (Å²) < 4.78 is 43.9. The number of nitrogens with zero attached hydrogens (tertiary/aromatic N) is 2. The number of likely N-dealkylation sites (tertiary alicyclic amines) is 1. The number of aromatic nitrogens is 1. The van der Waals surface area contributed by atoms with Gasteiger partial charge in [0.2, 0.25) is 0 Å². The minimum atomic E-state index is -4.43. The first-order valence-electron chi connectivity index (χ1n) is 8.97. The molecule has 0 radical (unpaired) electrons. The van der Waals surface area contributed by atoms with E-state index >= 15 is 0 Å². The van der Waals surface area contributed by atoms with E-state index in [1.54, 1.807) is 6.07 Å². The lowest BCUT2D eigenvalue weighted by atomic mass is 9.97. The summed E-state index contributed by atoms with van der Waals surface area (Å²) in [5.74, 6) is -0.487. The van der Waals surface area contributed by atoms with E-state index in [1.807, 2.05) is 19.1 Å². The van der Waals surface area contributed by atoms with E-state index < -0.39 is 17.7 Å². The van der Waals surface area contributed by atoms with Crippen molar-refractivity contribution in [1.82, 2.24) is 9.88 Å². The fourth-order valence-electron chi connectivity index (χ4n) is 3.16. The monoisotopic (exact) mass is 394 g/mol. The summed E-state index contributed by atoms with van der Waals surface area (Å²) in [7, 11) is 0. The Labute approximate surface area is 160 Å². The Kier molecular flexibility index (Phi) is 5.88. The van der Waals surface area contributed by atoms with Gasteiger partial charge in [0.25, 0.3) is 0 Å². The van der Waals surface area contributed by atoms with Gasteiger partial charge in [-0.15, -0.1) is 0 Å². The van der Waals surface area contributed by atoms with Crippen LogP contribution in [0.15, 0.2) is 36.7 Å². The van der Waals surface area contributed by atoms with Crippen LogP contribution in [0.4, 0.5) is 13.2 Å². The summed E-state index contributed by atoms with van der Waals surface area (Å²) in [6.07, 6.45) is -1.52. The molecule has 150 valence electrons. The highest BCUT2D eigenvalue weighted by molar-refractivity contribution is 5.71. The first-order valence-corrected chi connectivity index (χ1v) is 8.97. The molecule has 5 nitrogen and oxygen atoms in total. The number of halogens is 3. The number of aliphatic carboxylic acids is 1. The maximum Gasteiger partial charge on any atom is 0.417 e. The number of carboxylic acid groups (broad SMARTS) is 1. The van der Waals surface area contributed by atoms with Crippen LogP contribution in [0.3, 0.4) is 0 Å². The van der Waals surface area contributed by atoms with Crippen molar-refractivity contribution in [2.75, 3.05) is 13.1 Å². The Balaban J connectivity index is 1.62. The van der Waals surface area contributed by atoms with Gasteiger partial charge in [-0.1, -0.05) is 13.0 Å². The third kappa shape index (κ3) is 4.81. The number of benzene rings is 1. The minimum Gasteiger partial charge on any atom is -0.489 e. The number of pyridine rings is 1. The van der Waals surface area contributed by atoms with Crippen molar-refractivity contribution in [3.63, 3.8) is 0 Å². The summed E-state index contributed by atoms with van der Waals surface area (Å²) in [6, 6.07) is 6.62. The second kappa shape index (κ2) is 8.18. The van der Waals surface area contributed by atoms with E-state index in [-0.39, 0.29) is 12.5 Å². The van der Waals surface area contributed by atoms with E-state index in [0.29, 0.717) is 30.9 Å². The highest BCUT2D eigenvalue weighted by Crippen LogP contribution is 2.29. The van der Waals surface area contributed by atoms with Gasteiger partial charge in [-0.3, -0.25) is 14.7 Å². The third-order valence-corrected chi connectivity index (χ3v) is 4.79. The van der Waals surface area contributed by atoms with Crippen LogP contribution >= 0.6 is 0 Å². The number of carboxylic acids is 1. The SMILES string of the molecule is CCc1cc(OCc2cncc(C(F)(F)F)c2)ccc1CN1CC(C(=O)O)C1. The molecule has 1 fully saturated rings. The van der Waals surface area contributed by atoms with Crippen molar-refractivity contribution in [2.45, 2.75) is 32.7 Å². The fraction of sp³-hybridized carbons (Fsp3) is 0.400. The van der Waals surface area contributed by atoms with Gasteiger partial charge in [-0.25, -0.2) is 0 Å². The van der Waals surface area contributed by atoms with Crippen LogP contribution in [0.2, 0.25) is 0 Å². The molecule has 1 N–H and O–H groups in total. The smallest absolute Gasteiger partial charge is 0.417 e. The van der Waals surface area contributed by atoms with Gasteiger partial charge in [-0.05, 0) is 35.7 Å². The van der Waals surface area contributed by atoms with Crippen molar-refractivity contribution in [3.8, 4) is 5.75 Å². The molecular weight excluding hydrogens is 373 g/mol. The molecule has 1 aromatic carbocycles. The Bertz CT molecular complexity index is 849. The number of carbonyl (C=O) groups is 1. The van der Waals surface area contributed by atoms with Crippen LogP contribution < -0.4 is 4.74 Å². The van der Waals surface area contributed by atoms with Crippen LogP contribution in [0.1, 0.15) is 29.2 Å². The number of hydrogen-bond acceptors (Lipinski definition) is 4. The molecule has 1 aliphatic heterocycles. The van der Waals surface area contributed by atoms with Gasteiger partial charge in [0.15, 0.2) is 0 Å². The summed E-state index contributed by atoms with van der Waals surface area (Å²) in [6.45, 7) is 3.75. The molecule has 0 saturated carbocycles. The van der Waals surface area contributed by atoms with E-state index in [4.69, 9.17) is 9.84 Å². The molecule has 3 rings (SSSR count). The Morgan fingerprint density at radius 3 is 2.64 bits per heavy atom. The zero-order chi connectivity index (χ0) is 20.3. The number of aryl methyl sites for hydroxylation is 1. The molecule has 1 aliphatic rings. The van der Waals surface area contributed by atoms with Crippen molar-refractivity contribution in [3.05, 3.63) is 58.9 Å². The van der Waals surface area contributed by atoms with Crippen molar-refractivity contribution >= 4 is 5.97 Å². The zero-order valence-electron chi connectivity index (χ0n) is 15.4. The lowest BCUT2D eigenvalue weighted by Gasteiger charge is -2.37. The van der Waals surface area contributed by atoms with Gasteiger partial charge in [0.1, 0.15) is 12.4 Å². The summed E-state index contributed by atoms with van der Waals surface area (Å²) in [4.78, 5) is 16.6. The standard InChI is InChI=1S/C20H21F3N2O3/c1-2-14-6-18(4-3-15(14)9-25-10-16(11-25)19(26)27)28-12-13-5-17(8-24-7-13)20(21,22)23/h3-8,16H,2,9-12H2,1H3,(H,26,27). The number of alkyl halides is 3. The molecule has 0 aliphatic carbocycles. The maximum atomic E-state index is 12.8. The molecule has 2 heterocycles. The second-order valence-corrected chi connectivity index (χ2v) is 6.88. The second-order valence-electron chi connectivity index (χ2n) is 6.88. The van der Waals surface area contributed by atoms with Crippen LogP contribution in [-0.2, 0) is 30.5 Å². The first-order chi connectivity index (χ1) is 13.3. The fourth-order valence-corrected chi connectivity index (χ4v) is 3.16. The molecule has 28 heavy (non-hydrogen) atoms. The molecule has 0 amide bonds. The van der Waals surface area contributed by atoms with Crippen LogP contribution in [-0.4, -0.2) is 34.0 Å². The van der Waals surface area contributed by atoms with E-state index in [9.17, 15) is 18.0 Å². The van der Waals surface area contributed by atoms with Gasteiger partial charge in [-0.2, -0.15) is 13.2 Å². The van der Waals surface area contributed by atoms with E-state index in [1.165, 1.54) is 6.20 Å². The first kappa shape index (κ1) is 20.1. The summed E-state index contributed by atoms with van der Waals surface area (Å²) >= 11 is 0. The lowest BCUT2D eigenvalue weighted by Crippen LogP contribution is -2.49. The average Bonchev–Trinajstić information content (AvgIpc) is 2.62. The van der Waals surface area contributed by atoms with Gasteiger partial charge >= 0.3 is 12.1 Å². The van der Waals surface area contributed by atoms with Crippen molar-refractivity contribution < 1.29 is 27.8 Å². The van der Waals surface area contributed by atoms with E-state index in [2.05, 4.69) is 9.88 Å². The molecule has 1 aromatic heterocycles. The maximum absolute atomic E-state index is 12.8. The third-order valence-electron chi connectivity index (χ3n) is 4.79. The van der Waals surface area contributed by atoms with E-state index in [0.717, 1.165) is 29.8 Å². The molecule has 2 aromatic rings. The van der Waals surface area contributed by atoms with Gasteiger partial charge < -0.3 is 9.84 Å². The number of rotatable bonds is 7. The molecule has 8 heteroatoms. The normalized spacial score (nSPS) is 15.3. The van der Waals surface area contributed by atoms with Crippen molar-refractivity contribution in [1.29, 1.82) is 0 Å². The molecule has 0 atom stereocenters. The molecular formula is C20H21F3N2O3. The molecule has 1 saturated heterocycles. The lowest BCUT2D eigenvalue weighted by molar-refractivity contribution is -0.147. The average molecular weight is 394 g/mol. The minimum absolute atomic E-state index is 0.00810. The molecule has 0 unspecified atom stereocenters. The van der Waals surface area contributed by atoms with Crippen LogP contribution in [0, 0.1) is 5.92 Å². The van der Waals surface area contributed by atoms with Gasteiger partial charge in [0, 0.05) is 37.6 Å². The highest BCUT2D eigenvalue weighted by Gasteiger charge is 2.32. The topological polar surface area (TPSA) is 62.7 Å².